The highest BCUT2D eigenvalue weighted by Gasteiger charge is 2.71. The second-order valence-electron chi connectivity index (χ2n) is 7.50. The van der Waals surface area contributed by atoms with E-state index >= 15 is 0 Å². The molecule has 5 rings (SSSR count). The molecule has 2 aromatic heterocycles. The Hall–Kier alpha value is -3.16. The predicted molar refractivity (Wildman–Crippen MR) is 101 cm³/mol. The Bertz CT molecular complexity index is 1120. The number of nitrogens with zero attached hydrogens (tertiary/aromatic N) is 3. The molecule has 5 nitrogen and oxygen atoms in total. The van der Waals surface area contributed by atoms with E-state index in [0.717, 1.165) is 5.69 Å². The van der Waals surface area contributed by atoms with Gasteiger partial charge >= 0.3 is 0 Å². The minimum Gasteiger partial charge on any atom is -0.311 e. The predicted octanol–water partition coefficient (Wildman–Crippen LogP) is 4.46. The zero-order valence-corrected chi connectivity index (χ0v) is 15.5. The fourth-order valence-electron chi connectivity index (χ4n) is 4.24. The number of aromatic nitrogens is 3. The molecule has 1 saturated carbocycles. The van der Waals surface area contributed by atoms with Crippen LogP contribution in [0, 0.1) is 11.7 Å². The Morgan fingerprint density at radius 2 is 1.97 bits per heavy atom. The number of fused-ring (bicyclic) bond motifs is 3. The second-order valence-corrected chi connectivity index (χ2v) is 7.50. The molecular weight excluding hydrogens is 381 g/mol. The van der Waals surface area contributed by atoms with Gasteiger partial charge in [0.15, 0.2) is 0 Å². The molecule has 1 N–H and O–H groups in total. The summed E-state index contributed by atoms with van der Waals surface area (Å²) in [6.07, 6.45) is 2.41. The summed E-state index contributed by atoms with van der Waals surface area (Å²) in [4.78, 5) is 15.5. The summed E-state index contributed by atoms with van der Waals surface area (Å²) in [6.45, 7) is 1.38. The van der Waals surface area contributed by atoms with Gasteiger partial charge in [0.05, 0.1) is 5.92 Å². The topological polar surface area (TPSA) is 59.8 Å². The summed E-state index contributed by atoms with van der Waals surface area (Å²) >= 11 is 0. The third-order valence-electron chi connectivity index (χ3n) is 5.60. The van der Waals surface area contributed by atoms with Gasteiger partial charge in [0.1, 0.15) is 23.4 Å². The van der Waals surface area contributed by atoms with Crippen molar-refractivity contribution in [1.82, 2.24) is 14.8 Å². The molecule has 2 atom stereocenters. The average Bonchev–Trinajstić information content (AvgIpc) is 3.06. The molecule has 1 aromatic carbocycles. The van der Waals surface area contributed by atoms with Gasteiger partial charge in [0.2, 0.25) is 5.91 Å². The third-order valence-corrected chi connectivity index (χ3v) is 5.60. The van der Waals surface area contributed by atoms with Gasteiger partial charge in [-0.05, 0) is 54.8 Å². The van der Waals surface area contributed by atoms with E-state index in [1.165, 1.54) is 23.7 Å². The van der Waals surface area contributed by atoms with E-state index in [0.29, 0.717) is 41.0 Å². The van der Waals surface area contributed by atoms with Crippen LogP contribution in [0.2, 0.25) is 0 Å². The minimum absolute atomic E-state index is 0.258. The summed E-state index contributed by atoms with van der Waals surface area (Å²) in [6, 6.07) is 8.34. The number of nitrogens with one attached hydrogen (secondary N) is 1. The zero-order chi connectivity index (χ0) is 20.3. The van der Waals surface area contributed by atoms with E-state index in [9.17, 15) is 18.0 Å². The molecule has 0 bridgehead atoms. The van der Waals surface area contributed by atoms with Crippen LogP contribution in [-0.4, -0.2) is 26.6 Å². The quantitative estimate of drug-likeness (QED) is 0.709. The molecule has 3 heterocycles. The highest BCUT2D eigenvalue weighted by Crippen LogP contribution is 2.63. The Labute approximate surface area is 164 Å². The van der Waals surface area contributed by atoms with Gasteiger partial charge in [-0.1, -0.05) is 0 Å². The Balaban J connectivity index is 1.70. The molecule has 148 valence electrons. The number of amides is 1. The van der Waals surface area contributed by atoms with Crippen molar-refractivity contribution in [2.75, 3.05) is 5.32 Å². The number of halogens is 3. The SMILES string of the molecule is CC(=O)Nc1cc(-c2c(-c3ccc(F)cc3)nn3c2CC[C@H]2[C@@H]3C2(F)F)ccn1. The maximum Gasteiger partial charge on any atom is 0.275 e. The molecule has 0 unspecified atom stereocenters. The van der Waals surface area contributed by atoms with E-state index in [-0.39, 0.29) is 11.7 Å². The number of hydrogen-bond donors (Lipinski definition) is 1. The van der Waals surface area contributed by atoms with Gasteiger partial charge in [-0.15, -0.1) is 0 Å². The number of anilines is 1. The lowest BCUT2D eigenvalue weighted by atomic mass is 9.96. The highest BCUT2D eigenvalue weighted by atomic mass is 19.3. The van der Waals surface area contributed by atoms with Crippen LogP contribution in [-0.2, 0) is 11.2 Å². The van der Waals surface area contributed by atoms with E-state index in [1.807, 2.05) is 0 Å². The lowest BCUT2D eigenvalue weighted by Gasteiger charge is -2.13. The van der Waals surface area contributed by atoms with Crippen molar-refractivity contribution in [3.63, 3.8) is 0 Å². The molecule has 2 aliphatic rings. The van der Waals surface area contributed by atoms with Crippen LogP contribution in [0.5, 0.6) is 0 Å². The van der Waals surface area contributed by atoms with Gasteiger partial charge in [0, 0.05) is 29.9 Å². The number of benzene rings is 1. The lowest BCUT2D eigenvalue weighted by molar-refractivity contribution is -0.114. The Morgan fingerprint density at radius 1 is 1.21 bits per heavy atom. The van der Waals surface area contributed by atoms with Gasteiger partial charge in [-0.3, -0.25) is 9.48 Å². The molecule has 8 heteroatoms. The van der Waals surface area contributed by atoms with Crippen molar-refractivity contribution < 1.29 is 18.0 Å². The molecule has 0 saturated heterocycles. The molecule has 1 amide bonds. The van der Waals surface area contributed by atoms with E-state index in [2.05, 4.69) is 15.4 Å². The molecule has 1 aliphatic carbocycles. The van der Waals surface area contributed by atoms with Crippen LogP contribution in [0.3, 0.4) is 0 Å². The number of hydrogen-bond acceptors (Lipinski definition) is 3. The standard InChI is InChI=1S/C21H17F3N4O/c1-11(29)26-17-10-13(8-9-25-17)18-16-7-6-15-20(21(15,23)24)28(16)27-19(18)12-2-4-14(22)5-3-12/h2-5,8-10,15,20H,6-7H2,1H3,(H,25,26,29)/t15-,20+/m0/s1. The number of rotatable bonds is 3. The first-order chi connectivity index (χ1) is 13.9. The van der Waals surface area contributed by atoms with E-state index < -0.39 is 17.9 Å². The molecule has 0 spiro atoms. The fraction of sp³-hybridized carbons (Fsp3) is 0.286. The monoisotopic (exact) mass is 398 g/mol. The third kappa shape index (κ3) is 2.82. The molecule has 3 aromatic rings. The average molecular weight is 398 g/mol. The molecule has 0 radical (unpaired) electrons. The van der Waals surface area contributed by atoms with Crippen LogP contribution >= 0.6 is 0 Å². The fourth-order valence-corrected chi connectivity index (χ4v) is 4.24. The van der Waals surface area contributed by atoms with E-state index in [4.69, 9.17) is 0 Å². The molecular formula is C21H17F3N4O. The Kier molecular flexibility index (Phi) is 3.81. The molecule has 29 heavy (non-hydrogen) atoms. The summed E-state index contributed by atoms with van der Waals surface area (Å²) in [5.41, 5.74) is 3.31. The van der Waals surface area contributed by atoms with Gasteiger partial charge in [-0.25, -0.2) is 18.2 Å². The van der Waals surface area contributed by atoms with Crippen LogP contribution in [0.15, 0.2) is 42.6 Å². The van der Waals surface area contributed by atoms with E-state index in [1.54, 1.807) is 30.5 Å². The zero-order valence-electron chi connectivity index (χ0n) is 15.5. The number of carbonyl (C=O) groups is 1. The van der Waals surface area contributed by atoms with Crippen molar-refractivity contribution in [1.29, 1.82) is 0 Å². The maximum absolute atomic E-state index is 14.2. The first kappa shape index (κ1) is 17.9. The summed E-state index contributed by atoms with van der Waals surface area (Å²) < 4.78 is 43.3. The van der Waals surface area contributed by atoms with Crippen LogP contribution in [0.1, 0.15) is 25.1 Å². The summed E-state index contributed by atoms with van der Waals surface area (Å²) in [7, 11) is 0. The van der Waals surface area contributed by atoms with Crippen LogP contribution in [0.4, 0.5) is 19.0 Å². The van der Waals surface area contributed by atoms with Gasteiger partial charge in [0.25, 0.3) is 5.92 Å². The summed E-state index contributed by atoms with van der Waals surface area (Å²) in [5, 5.41) is 7.18. The maximum atomic E-state index is 14.2. The van der Waals surface area contributed by atoms with Crippen molar-refractivity contribution in [3.05, 3.63) is 54.1 Å². The first-order valence-corrected chi connectivity index (χ1v) is 9.35. The van der Waals surface area contributed by atoms with Gasteiger partial charge in [-0.2, -0.15) is 5.10 Å². The number of alkyl halides is 2. The smallest absolute Gasteiger partial charge is 0.275 e. The normalized spacial score (nSPS) is 21.2. The highest BCUT2D eigenvalue weighted by molar-refractivity contribution is 5.89. The van der Waals surface area contributed by atoms with Crippen LogP contribution < -0.4 is 5.32 Å². The first-order valence-electron chi connectivity index (χ1n) is 9.35. The van der Waals surface area contributed by atoms with Crippen molar-refractivity contribution in [3.8, 4) is 22.4 Å². The van der Waals surface area contributed by atoms with Gasteiger partial charge < -0.3 is 5.32 Å². The lowest BCUT2D eigenvalue weighted by Crippen LogP contribution is -2.11. The largest absolute Gasteiger partial charge is 0.311 e. The van der Waals surface area contributed by atoms with Crippen molar-refractivity contribution in [2.24, 2.45) is 5.92 Å². The summed E-state index contributed by atoms with van der Waals surface area (Å²) in [5.74, 6) is -3.72. The Morgan fingerprint density at radius 3 is 2.69 bits per heavy atom. The number of pyridine rings is 1. The van der Waals surface area contributed by atoms with Crippen molar-refractivity contribution in [2.45, 2.75) is 31.7 Å². The number of carbonyl (C=O) groups excluding carboxylic acids is 1. The van der Waals surface area contributed by atoms with Crippen molar-refractivity contribution >= 4 is 11.7 Å². The second kappa shape index (κ2) is 6.17. The molecule has 1 fully saturated rings. The molecule has 1 aliphatic heterocycles. The van der Waals surface area contributed by atoms with Crippen LogP contribution in [0.25, 0.3) is 22.4 Å². The minimum atomic E-state index is -2.76.